The van der Waals surface area contributed by atoms with Crippen molar-refractivity contribution in [2.24, 2.45) is 0 Å². The lowest BCUT2D eigenvalue weighted by Gasteiger charge is -2.14. The smallest absolute Gasteiger partial charge is 0.132 e. The molecule has 1 fully saturated rings. The van der Waals surface area contributed by atoms with Gasteiger partial charge < -0.3 is 5.32 Å². The fourth-order valence-corrected chi connectivity index (χ4v) is 1.83. The van der Waals surface area contributed by atoms with Crippen LogP contribution in [0.5, 0.6) is 0 Å². The van der Waals surface area contributed by atoms with Gasteiger partial charge in [0.1, 0.15) is 6.29 Å². The van der Waals surface area contributed by atoms with Crippen LogP contribution in [0.3, 0.4) is 0 Å². The Balaban J connectivity index is 1.86. The summed E-state index contributed by atoms with van der Waals surface area (Å²) in [6.07, 6.45) is 3.56. The van der Waals surface area contributed by atoms with Gasteiger partial charge in [-0.1, -0.05) is 0 Å². The number of anilines is 1. The molecule has 0 atom stereocenters. The second-order valence-electron chi connectivity index (χ2n) is 3.75. The van der Waals surface area contributed by atoms with Crippen LogP contribution in [0.2, 0.25) is 0 Å². The van der Waals surface area contributed by atoms with Gasteiger partial charge in [0.05, 0.1) is 11.0 Å². The summed E-state index contributed by atoms with van der Waals surface area (Å²) in [6, 6.07) is 5.99. The van der Waals surface area contributed by atoms with Crippen LogP contribution in [-0.4, -0.2) is 29.3 Å². The first-order valence-electron chi connectivity index (χ1n) is 5.36. The summed E-state index contributed by atoms with van der Waals surface area (Å²) in [5, 5.41) is 9.93. The molecule has 0 saturated carbocycles. The second kappa shape index (κ2) is 4.03. The molecule has 5 nitrogen and oxygen atoms in total. The Morgan fingerprint density at radius 1 is 1.06 bits per heavy atom. The number of hydrogen-bond acceptors (Lipinski definition) is 5. The van der Waals surface area contributed by atoms with E-state index >= 15 is 0 Å². The summed E-state index contributed by atoms with van der Waals surface area (Å²) in [7, 11) is 0. The Kier molecular flexibility index (Phi) is 2.40. The number of aromatic nitrogens is 2. The molecule has 5 heteroatoms. The van der Waals surface area contributed by atoms with Crippen molar-refractivity contribution in [3.05, 3.63) is 30.6 Å². The molecular formula is C11H13N5. The first-order chi connectivity index (χ1) is 7.92. The van der Waals surface area contributed by atoms with E-state index in [0.29, 0.717) is 0 Å². The standard InChI is InChI=1S/C11H13N5/c1-2-9-10(13-4-3-12-9)7-8(1)16-11-14-5-6-15-11/h1-4,7,11,14-16H,5-6H2. The Bertz CT molecular complexity index is 492. The van der Waals surface area contributed by atoms with E-state index in [4.69, 9.17) is 0 Å². The summed E-state index contributed by atoms with van der Waals surface area (Å²) in [4.78, 5) is 8.51. The molecule has 0 bridgehead atoms. The quantitative estimate of drug-likeness (QED) is 0.681. The summed E-state index contributed by atoms with van der Waals surface area (Å²) < 4.78 is 0. The largest absolute Gasteiger partial charge is 0.358 e. The van der Waals surface area contributed by atoms with E-state index in [1.165, 1.54) is 0 Å². The maximum atomic E-state index is 4.27. The predicted molar refractivity (Wildman–Crippen MR) is 63.0 cm³/mol. The maximum absolute atomic E-state index is 4.27. The highest BCUT2D eigenvalue weighted by Gasteiger charge is 2.11. The van der Waals surface area contributed by atoms with E-state index in [0.717, 1.165) is 29.8 Å². The van der Waals surface area contributed by atoms with Crippen LogP contribution < -0.4 is 16.0 Å². The number of nitrogens with zero attached hydrogens (tertiary/aromatic N) is 2. The zero-order valence-electron chi connectivity index (χ0n) is 8.77. The molecule has 0 aliphatic carbocycles. The molecule has 1 aromatic carbocycles. The molecule has 2 aromatic rings. The number of rotatable bonds is 2. The van der Waals surface area contributed by atoms with Crippen LogP contribution >= 0.6 is 0 Å². The molecule has 2 heterocycles. The fourth-order valence-electron chi connectivity index (χ4n) is 1.83. The van der Waals surface area contributed by atoms with Crippen LogP contribution in [0, 0.1) is 0 Å². The number of nitrogens with one attached hydrogen (secondary N) is 3. The molecular weight excluding hydrogens is 202 g/mol. The van der Waals surface area contributed by atoms with E-state index in [-0.39, 0.29) is 6.29 Å². The van der Waals surface area contributed by atoms with E-state index in [1.54, 1.807) is 12.4 Å². The minimum Gasteiger partial charge on any atom is -0.358 e. The topological polar surface area (TPSA) is 61.9 Å². The van der Waals surface area contributed by atoms with Crippen molar-refractivity contribution in [2.45, 2.75) is 6.29 Å². The minimum atomic E-state index is 0.147. The highest BCUT2D eigenvalue weighted by atomic mass is 15.3. The Hall–Kier alpha value is -1.72. The van der Waals surface area contributed by atoms with Crippen LogP contribution in [-0.2, 0) is 0 Å². The highest BCUT2D eigenvalue weighted by Crippen LogP contribution is 2.15. The first kappa shape index (κ1) is 9.50. The van der Waals surface area contributed by atoms with Crippen molar-refractivity contribution >= 4 is 16.7 Å². The maximum Gasteiger partial charge on any atom is 0.132 e. The molecule has 16 heavy (non-hydrogen) atoms. The van der Waals surface area contributed by atoms with Gasteiger partial charge in [0.25, 0.3) is 0 Å². The number of benzene rings is 1. The number of fused-ring (bicyclic) bond motifs is 1. The Labute approximate surface area is 93.3 Å². The SMILES string of the molecule is c1cnc2cc(NC3NCCN3)ccc2n1. The third kappa shape index (κ3) is 1.82. The zero-order chi connectivity index (χ0) is 10.8. The summed E-state index contributed by atoms with van der Waals surface area (Å²) in [5.41, 5.74) is 2.87. The average molecular weight is 215 g/mol. The normalized spacial score (nSPS) is 16.8. The van der Waals surface area contributed by atoms with Gasteiger partial charge in [-0.15, -0.1) is 0 Å². The molecule has 1 aliphatic rings. The zero-order valence-corrected chi connectivity index (χ0v) is 8.77. The van der Waals surface area contributed by atoms with Gasteiger partial charge in [-0.25, -0.2) is 0 Å². The van der Waals surface area contributed by atoms with Crippen molar-refractivity contribution in [2.75, 3.05) is 18.4 Å². The summed E-state index contributed by atoms with van der Waals surface area (Å²) in [6.45, 7) is 1.98. The van der Waals surface area contributed by atoms with Crippen molar-refractivity contribution in [1.82, 2.24) is 20.6 Å². The average Bonchev–Trinajstić information content (AvgIpc) is 2.82. The van der Waals surface area contributed by atoms with Crippen molar-refractivity contribution in [3.63, 3.8) is 0 Å². The monoisotopic (exact) mass is 215 g/mol. The van der Waals surface area contributed by atoms with Crippen LogP contribution in [0.15, 0.2) is 30.6 Å². The van der Waals surface area contributed by atoms with Crippen LogP contribution in [0.25, 0.3) is 11.0 Å². The number of hydrogen-bond donors (Lipinski definition) is 3. The van der Waals surface area contributed by atoms with Gasteiger partial charge in [-0.05, 0) is 18.2 Å². The molecule has 3 N–H and O–H groups in total. The summed E-state index contributed by atoms with van der Waals surface area (Å²) >= 11 is 0. The first-order valence-corrected chi connectivity index (χ1v) is 5.36. The fraction of sp³-hybridized carbons (Fsp3) is 0.273. The highest BCUT2D eigenvalue weighted by molar-refractivity contribution is 5.78. The van der Waals surface area contributed by atoms with E-state index in [1.807, 2.05) is 18.2 Å². The Morgan fingerprint density at radius 3 is 2.62 bits per heavy atom. The van der Waals surface area contributed by atoms with E-state index < -0.39 is 0 Å². The molecule has 0 unspecified atom stereocenters. The molecule has 82 valence electrons. The third-order valence-electron chi connectivity index (χ3n) is 2.60. The van der Waals surface area contributed by atoms with Crippen LogP contribution in [0.4, 0.5) is 5.69 Å². The third-order valence-corrected chi connectivity index (χ3v) is 2.60. The van der Waals surface area contributed by atoms with Gasteiger partial charge in [-0.3, -0.25) is 20.6 Å². The molecule has 1 aliphatic heterocycles. The summed E-state index contributed by atoms with van der Waals surface area (Å²) in [5.74, 6) is 0. The predicted octanol–water partition coefficient (Wildman–Crippen LogP) is 0.518. The molecule has 1 saturated heterocycles. The van der Waals surface area contributed by atoms with Gasteiger partial charge in [0.15, 0.2) is 0 Å². The lowest BCUT2D eigenvalue weighted by molar-refractivity contribution is 0.621. The molecule has 0 radical (unpaired) electrons. The van der Waals surface area contributed by atoms with Crippen molar-refractivity contribution in [3.8, 4) is 0 Å². The second-order valence-corrected chi connectivity index (χ2v) is 3.75. The molecule has 1 aromatic heterocycles. The molecule has 3 rings (SSSR count). The van der Waals surface area contributed by atoms with Gasteiger partial charge >= 0.3 is 0 Å². The van der Waals surface area contributed by atoms with Crippen molar-refractivity contribution < 1.29 is 0 Å². The minimum absolute atomic E-state index is 0.147. The van der Waals surface area contributed by atoms with Crippen molar-refractivity contribution in [1.29, 1.82) is 0 Å². The molecule has 0 spiro atoms. The Morgan fingerprint density at radius 2 is 1.81 bits per heavy atom. The van der Waals surface area contributed by atoms with Gasteiger partial charge in [0, 0.05) is 31.2 Å². The van der Waals surface area contributed by atoms with E-state index in [2.05, 4.69) is 25.9 Å². The van der Waals surface area contributed by atoms with E-state index in [9.17, 15) is 0 Å². The lowest BCUT2D eigenvalue weighted by atomic mass is 10.2. The molecule has 0 amide bonds. The van der Waals surface area contributed by atoms with Crippen LogP contribution in [0.1, 0.15) is 0 Å². The lowest BCUT2D eigenvalue weighted by Crippen LogP contribution is -2.38. The van der Waals surface area contributed by atoms with Gasteiger partial charge in [-0.2, -0.15) is 0 Å². The van der Waals surface area contributed by atoms with Gasteiger partial charge in [0.2, 0.25) is 0 Å².